The molecule has 0 bridgehead atoms. The molecule has 0 saturated heterocycles. The minimum absolute atomic E-state index is 0.336. The Bertz CT molecular complexity index is 543. The van der Waals surface area contributed by atoms with Crippen LogP contribution in [0.5, 0.6) is 0 Å². The van der Waals surface area contributed by atoms with Crippen molar-refractivity contribution in [3.8, 4) is 0 Å². The van der Waals surface area contributed by atoms with Gasteiger partial charge in [0, 0.05) is 18.8 Å². The van der Waals surface area contributed by atoms with Gasteiger partial charge in [0.05, 0.1) is 10.0 Å². The van der Waals surface area contributed by atoms with Crippen molar-refractivity contribution in [3.63, 3.8) is 0 Å². The Balaban J connectivity index is 2.18. The van der Waals surface area contributed by atoms with E-state index in [-0.39, 0.29) is 0 Å². The number of aliphatic hydroxyl groups excluding tert-OH is 1. The van der Waals surface area contributed by atoms with Crippen LogP contribution in [0.1, 0.15) is 23.1 Å². The Hall–Kier alpha value is -1.16. The zero-order valence-electron chi connectivity index (χ0n) is 9.77. The van der Waals surface area contributed by atoms with Gasteiger partial charge in [-0.3, -0.25) is 0 Å². The predicted molar refractivity (Wildman–Crippen MR) is 71.9 cm³/mol. The Labute approximate surface area is 115 Å². The SMILES string of the molecule is Cc1cnc(C(O)Cc2cccc(Cl)c2Cl)nc1. The molecule has 0 amide bonds. The molecule has 1 atom stereocenters. The van der Waals surface area contributed by atoms with Crippen molar-refractivity contribution in [1.29, 1.82) is 0 Å². The number of benzene rings is 1. The highest BCUT2D eigenvalue weighted by molar-refractivity contribution is 6.42. The largest absolute Gasteiger partial charge is 0.385 e. The maximum Gasteiger partial charge on any atom is 0.157 e. The average Bonchev–Trinajstić information content (AvgIpc) is 2.36. The van der Waals surface area contributed by atoms with Crippen molar-refractivity contribution in [3.05, 3.63) is 57.6 Å². The summed E-state index contributed by atoms with van der Waals surface area (Å²) in [6, 6.07) is 5.33. The Morgan fingerprint density at radius 2 is 1.89 bits per heavy atom. The minimum atomic E-state index is -0.790. The third-order valence-corrected chi connectivity index (χ3v) is 3.40. The topological polar surface area (TPSA) is 46.0 Å². The van der Waals surface area contributed by atoms with Crippen molar-refractivity contribution in [2.24, 2.45) is 0 Å². The number of nitrogens with zero attached hydrogens (tertiary/aromatic N) is 2. The summed E-state index contributed by atoms with van der Waals surface area (Å²) in [7, 11) is 0. The van der Waals surface area contributed by atoms with Crippen LogP contribution in [-0.4, -0.2) is 15.1 Å². The molecule has 0 aliphatic carbocycles. The summed E-state index contributed by atoms with van der Waals surface area (Å²) in [5.41, 5.74) is 1.73. The molecule has 0 spiro atoms. The Kier molecular flexibility index (Phi) is 4.17. The van der Waals surface area contributed by atoms with Crippen LogP contribution in [-0.2, 0) is 6.42 Å². The molecule has 0 aliphatic heterocycles. The van der Waals surface area contributed by atoms with Crippen LogP contribution in [0.4, 0.5) is 0 Å². The summed E-state index contributed by atoms with van der Waals surface area (Å²) in [5, 5.41) is 11.0. The second-order valence-electron chi connectivity index (χ2n) is 4.05. The van der Waals surface area contributed by atoms with Crippen LogP contribution < -0.4 is 0 Å². The first-order chi connectivity index (χ1) is 8.58. The highest BCUT2D eigenvalue weighted by Gasteiger charge is 2.14. The summed E-state index contributed by atoms with van der Waals surface area (Å²) in [4.78, 5) is 8.18. The first-order valence-corrected chi connectivity index (χ1v) is 6.23. The first-order valence-electron chi connectivity index (χ1n) is 5.47. The van der Waals surface area contributed by atoms with Crippen LogP contribution in [0.15, 0.2) is 30.6 Å². The van der Waals surface area contributed by atoms with E-state index < -0.39 is 6.10 Å². The third kappa shape index (κ3) is 2.99. The van der Waals surface area contributed by atoms with E-state index in [2.05, 4.69) is 9.97 Å². The van der Waals surface area contributed by atoms with Gasteiger partial charge in [0.15, 0.2) is 5.82 Å². The zero-order valence-corrected chi connectivity index (χ0v) is 11.3. The number of aryl methyl sites for hydroxylation is 1. The fourth-order valence-electron chi connectivity index (χ4n) is 1.58. The molecule has 18 heavy (non-hydrogen) atoms. The first kappa shape index (κ1) is 13.3. The molecule has 2 rings (SSSR count). The monoisotopic (exact) mass is 282 g/mol. The maximum absolute atomic E-state index is 10.1. The molecule has 3 nitrogen and oxygen atoms in total. The predicted octanol–water partition coefficient (Wildman–Crippen LogP) is 3.37. The molecule has 0 aliphatic rings. The molecule has 0 saturated carbocycles. The number of rotatable bonds is 3. The van der Waals surface area contributed by atoms with Crippen LogP contribution in [0.3, 0.4) is 0 Å². The summed E-state index contributed by atoms with van der Waals surface area (Å²) in [6.07, 6.45) is 2.89. The second kappa shape index (κ2) is 5.65. The summed E-state index contributed by atoms with van der Waals surface area (Å²) >= 11 is 12.0. The molecule has 0 radical (unpaired) electrons. The van der Waals surface area contributed by atoms with E-state index in [1.165, 1.54) is 0 Å². The molecule has 5 heteroatoms. The molecule has 1 heterocycles. The highest BCUT2D eigenvalue weighted by atomic mass is 35.5. The van der Waals surface area contributed by atoms with Gasteiger partial charge in [-0.2, -0.15) is 0 Å². The van der Waals surface area contributed by atoms with Crippen LogP contribution in [0.25, 0.3) is 0 Å². The van der Waals surface area contributed by atoms with Gasteiger partial charge >= 0.3 is 0 Å². The number of halogens is 2. The lowest BCUT2D eigenvalue weighted by molar-refractivity contribution is 0.168. The molecule has 1 unspecified atom stereocenters. The summed E-state index contributed by atoms with van der Waals surface area (Å²) < 4.78 is 0. The van der Waals surface area contributed by atoms with Crippen LogP contribution in [0, 0.1) is 6.92 Å². The maximum atomic E-state index is 10.1. The quantitative estimate of drug-likeness (QED) is 0.939. The minimum Gasteiger partial charge on any atom is -0.385 e. The lowest BCUT2D eigenvalue weighted by Gasteiger charge is -2.11. The second-order valence-corrected chi connectivity index (χ2v) is 4.84. The van der Waals surface area contributed by atoms with Crippen LogP contribution in [0.2, 0.25) is 10.0 Å². The fourth-order valence-corrected chi connectivity index (χ4v) is 1.98. The summed E-state index contributed by atoms with van der Waals surface area (Å²) in [5.74, 6) is 0.386. The number of aromatic nitrogens is 2. The smallest absolute Gasteiger partial charge is 0.157 e. The van der Waals surface area contributed by atoms with Crippen LogP contribution >= 0.6 is 23.2 Å². The average molecular weight is 283 g/mol. The number of hydrogen-bond donors (Lipinski definition) is 1. The van der Waals surface area contributed by atoms with E-state index in [4.69, 9.17) is 23.2 Å². The van der Waals surface area contributed by atoms with E-state index in [0.29, 0.717) is 22.3 Å². The van der Waals surface area contributed by atoms with E-state index in [9.17, 15) is 5.11 Å². The molecule has 1 aromatic carbocycles. The van der Waals surface area contributed by atoms with Gasteiger partial charge in [-0.25, -0.2) is 9.97 Å². The molecular formula is C13H12Cl2N2O. The van der Waals surface area contributed by atoms with E-state index in [1.807, 2.05) is 13.0 Å². The zero-order chi connectivity index (χ0) is 13.1. The molecule has 0 fully saturated rings. The molecule has 2 aromatic rings. The fraction of sp³-hybridized carbons (Fsp3) is 0.231. The van der Waals surface area contributed by atoms with Gasteiger partial charge < -0.3 is 5.11 Å². The van der Waals surface area contributed by atoms with Gasteiger partial charge in [0.1, 0.15) is 6.10 Å². The lowest BCUT2D eigenvalue weighted by atomic mass is 10.1. The molecule has 1 N–H and O–H groups in total. The van der Waals surface area contributed by atoms with E-state index >= 15 is 0 Å². The number of aliphatic hydroxyl groups is 1. The summed E-state index contributed by atoms with van der Waals surface area (Å²) in [6.45, 7) is 1.89. The molecule has 94 valence electrons. The van der Waals surface area contributed by atoms with Gasteiger partial charge in [-0.1, -0.05) is 35.3 Å². The standard InChI is InChI=1S/C13H12Cl2N2O/c1-8-6-16-13(17-7-8)11(18)5-9-3-2-4-10(14)12(9)15/h2-4,6-7,11,18H,5H2,1H3. The van der Waals surface area contributed by atoms with Crippen molar-refractivity contribution in [2.45, 2.75) is 19.4 Å². The lowest BCUT2D eigenvalue weighted by Crippen LogP contribution is -2.07. The van der Waals surface area contributed by atoms with E-state index in [0.717, 1.165) is 11.1 Å². The van der Waals surface area contributed by atoms with Crippen molar-refractivity contribution in [1.82, 2.24) is 9.97 Å². The number of hydrogen-bond acceptors (Lipinski definition) is 3. The van der Waals surface area contributed by atoms with Crippen molar-refractivity contribution < 1.29 is 5.11 Å². The van der Waals surface area contributed by atoms with E-state index in [1.54, 1.807) is 24.5 Å². The Morgan fingerprint density at radius 1 is 1.22 bits per heavy atom. The van der Waals surface area contributed by atoms with Gasteiger partial charge in [0.25, 0.3) is 0 Å². The van der Waals surface area contributed by atoms with Crippen molar-refractivity contribution in [2.75, 3.05) is 0 Å². The molecule has 1 aromatic heterocycles. The molecular weight excluding hydrogens is 271 g/mol. The highest BCUT2D eigenvalue weighted by Crippen LogP contribution is 2.28. The van der Waals surface area contributed by atoms with Gasteiger partial charge in [-0.15, -0.1) is 0 Å². The van der Waals surface area contributed by atoms with Gasteiger partial charge in [-0.05, 0) is 24.1 Å². The normalized spacial score (nSPS) is 12.4. The van der Waals surface area contributed by atoms with Gasteiger partial charge in [0.2, 0.25) is 0 Å². The third-order valence-electron chi connectivity index (χ3n) is 2.54. The Morgan fingerprint density at radius 3 is 2.56 bits per heavy atom. The van der Waals surface area contributed by atoms with Crippen molar-refractivity contribution >= 4 is 23.2 Å².